The number of aromatic nitrogens is 2. The van der Waals surface area contributed by atoms with Gasteiger partial charge in [0.1, 0.15) is 5.75 Å². The number of hydrogen-bond acceptors (Lipinski definition) is 5. The van der Waals surface area contributed by atoms with Crippen LogP contribution in [0, 0.1) is 0 Å². The van der Waals surface area contributed by atoms with Gasteiger partial charge in [0.2, 0.25) is 5.95 Å². The molecule has 1 aliphatic heterocycles. The van der Waals surface area contributed by atoms with Gasteiger partial charge in [0.15, 0.2) is 12.1 Å². The first-order valence-corrected chi connectivity index (χ1v) is 10.1. The monoisotopic (exact) mass is 377 g/mol. The summed E-state index contributed by atoms with van der Waals surface area (Å²) >= 11 is 0. The van der Waals surface area contributed by atoms with Crippen LogP contribution in [0.5, 0.6) is 5.75 Å². The summed E-state index contributed by atoms with van der Waals surface area (Å²) in [6.45, 7) is 2.99. The number of ether oxygens (including phenoxy) is 1. The van der Waals surface area contributed by atoms with Crippen molar-refractivity contribution in [3.05, 3.63) is 54.1 Å². The maximum atomic E-state index is 6.01. The molecule has 6 nitrogen and oxygen atoms in total. The van der Waals surface area contributed by atoms with Crippen LogP contribution in [0.15, 0.2) is 53.5 Å². The number of fused-ring (bicyclic) bond motifs is 3. The van der Waals surface area contributed by atoms with Gasteiger partial charge in [-0.2, -0.15) is 0 Å². The predicted molar refractivity (Wildman–Crippen MR) is 114 cm³/mol. The molecule has 0 spiro atoms. The molecule has 0 bridgehead atoms. The molecule has 0 aliphatic carbocycles. The van der Waals surface area contributed by atoms with Gasteiger partial charge in [-0.05, 0) is 36.2 Å². The Morgan fingerprint density at radius 3 is 2.64 bits per heavy atom. The van der Waals surface area contributed by atoms with Gasteiger partial charge >= 0.3 is 0 Å². The first-order valence-electron chi connectivity index (χ1n) is 10.1. The van der Waals surface area contributed by atoms with Gasteiger partial charge in [-0.25, -0.2) is 9.98 Å². The van der Waals surface area contributed by atoms with E-state index in [4.69, 9.17) is 10.5 Å². The van der Waals surface area contributed by atoms with Crippen LogP contribution in [-0.4, -0.2) is 22.1 Å². The third-order valence-electron chi connectivity index (χ3n) is 5.04. The van der Waals surface area contributed by atoms with Crippen molar-refractivity contribution >= 4 is 22.9 Å². The summed E-state index contributed by atoms with van der Waals surface area (Å²) in [4.78, 5) is 9.25. The highest BCUT2D eigenvalue weighted by Crippen LogP contribution is 2.32. The summed E-state index contributed by atoms with van der Waals surface area (Å²) in [6, 6.07) is 16.2. The fourth-order valence-corrected chi connectivity index (χ4v) is 3.57. The highest BCUT2D eigenvalue weighted by Gasteiger charge is 2.24. The Balaban J connectivity index is 1.49. The summed E-state index contributed by atoms with van der Waals surface area (Å²) in [6.07, 6.45) is 5.94. The number of nitrogens with two attached hydrogens (primary N) is 1. The second-order valence-electron chi connectivity index (χ2n) is 7.14. The number of benzene rings is 2. The fourth-order valence-electron chi connectivity index (χ4n) is 3.57. The lowest BCUT2D eigenvalue weighted by atomic mass is 10.1. The van der Waals surface area contributed by atoms with Crippen LogP contribution >= 0.6 is 0 Å². The number of hydrogen-bond donors (Lipinski definition) is 2. The first-order chi connectivity index (χ1) is 13.8. The number of guanidine groups is 1. The largest absolute Gasteiger partial charge is 0.494 e. The Bertz CT molecular complexity index is 961. The lowest BCUT2D eigenvalue weighted by molar-refractivity contribution is 0.304. The zero-order chi connectivity index (χ0) is 19.3. The highest BCUT2D eigenvalue weighted by molar-refractivity contribution is 5.94. The SMILES string of the molecule is CCCCCCCOc1ccc([C@H]2N=C(N)Nc3nc4ccccc4n32)cc1. The van der Waals surface area contributed by atoms with E-state index >= 15 is 0 Å². The molecular formula is C22H27N5O. The van der Waals surface area contributed by atoms with Crippen molar-refractivity contribution in [3.63, 3.8) is 0 Å². The molecule has 4 rings (SSSR count). The molecule has 0 amide bonds. The standard InChI is InChI=1S/C22H27N5O/c1-2-3-4-5-8-15-28-17-13-11-16(12-14-17)20-25-21(23)26-22-24-18-9-6-7-10-19(18)27(20)22/h6-7,9-14,20H,2-5,8,15H2,1H3,(H3,23,24,25,26)/t20-/m0/s1. The fraction of sp³-hybridized carbons (Fsp3) is 0.364. The number of imidazole rings is 1. The molecule has 6 heteroatoms. The number of para-hydroxylation sites is 2. The number of rotatable bonds is 8. The van der Waals surface area contributed by atoms with Gasteiger partial charge < -0.3 is 10.5 Å². The molecule has 3 N–H and O–H groups in total. The maximum Gasteiger partial charge on any atom is 0.212 e. The van der Waals surface area contributed by atoms with Crippen molar-refractivity contribution in [2.75, 3.05) is 11.9 Å². The number of aliphatic imine (C=N–C) groups is 1. The molecular weight excluding hydrogens is 350 g/mol. The summed E-state index contributed by atoms with van der Waals surface area (Å²) in [5, 5.41) is 3.06. The van der Waals surface area contributed by atoms with Crippen molar-refractivity contribution in [1.29, 1.82) is 0 Å². The Morgan fingerprint density at radius 1 is 1.04 bits per heavy atom. The number of anilines is 1. The van der Waals surface area contributed by atoms with Crippen LogP contribution in [-0.2, 0) is 0 Å². The summed E-state index contributed by atoms with van der Waals surface area (Å²) in [5.41, 5.74) is 9.00. The molecule has 146 valence electrons. The Hall–Kier alpha value is -3.02. The van der Waals surface area contributed by atoms with E-state index in [1.807, 2.05) is 36.4 Å². The summed E-state index contributed by atoms with van der Waals surface area (Å²) in [5.74, 6) is 1.98. The first kappa shape index (κ1) is 18.3. The van der Waals surface area contributed by atoms with E-state index in [9.17, 15) is 0 Å². The Labute approximate surface area is 165 Å². The van der Waals surface area contributed by atoms with E-state index in [1.54, 1.807) is 0 Å². The van der Waals surface area contributed by atoms with Gasteiger partial charge in [-0.3, -0.25) is 9.88 Å². The van der Waals surface area contributed by atoms with Crippen LogP contribution in [0.25, 0.3) is 11.0 Å². The van der Waals surface area contributed by atoms with E-state index in [2.05, 4.69) is 38.9 Å². The zero-order valence-corrected chi connectivity index (χ0v) is 16.3. The number of nitrogens with one attached hydrogen (secondary N) is 1. The molecule has 28 heavy (non-hydrogen) atoms. The van der Waals surface area contributed by atoms with Crippen molar-refractivity contribution in [2.45, 2.75) is 45.2 Å². The number of unbranched alkanes of at least 4 members (excludes halogenated alkanes) is 4. The molecule has 0 saturated heterocycles. The minimum Gasteiger partial charge on any atom is -0.494 e. The van der Waals surface area contributed by atoms with E-state index in [-0.39, 0.29) is 6.17 Å². The molecule has 2 aromatic carbocycles. The van der Waals surface area contributed by atoms with Gasteiger partial charge in [0.05, 0.1) is 17.6 Å². The van der Waals surface area contributed by atoms with Gasteiger partial charge in [0.25, 0.3) is 0 Å². The van der Waals surface area contributed by atoms with E-state index < -0.39 is 0 Å². The molecule has 0 saturated carbocycles. The highest BCUT2D eigenvalue weighted by atomic mass is 16.5. The Morgan fingerprint density at radius 2 is 1.82 bits per heavy atom. The maximum absolute atomic E-state index is 6.01. The van der Waals surface area contributed by atoms with Crippen LogP contribution in [0.2, 0.25) is 0 Å². The van der Waals surface area contributed by atoms with Crippen molar-refractivity contribution < 1.29 is 4.74 Å². The van der Waals surface area contributed by atoms with Gasteiger partial charge in [-0.15, -0.1) is 0 Å². The average molecular weight is 377 g/mol. The number of nitrogens with zero attached hydrogens (tertiary/aromatic N) is 3. The molecule has 1 atom stereocenters. The molecule has 3 aromatic rings. The lowest BCUT2D eigenvalue weighted by Gasteiger charge is -2.24. The van der Waals surface area contributed by atoms with Crippen molar-refractivity contribution in [2.24, 2.45) is 10.7 Å². The molecule has 2 heterocycles. The smallest absolute Gasteiger partial charge is 0.212 e. The topological polar surface area (TPSA) is 77.5 Å². The second kappa shape index (κ2) is 8.33. The van der Waals surface area contributed by atoms with E-state index in [1.165, 1.54) is 25.7 Å². The van der Waals surface area contributed by atoms with Crippen molar-refractivity contribution in [3.8, 4) is 5.75 Å². The quantitative estimate of drug-likeness (QED) is 0.559. The third kappa shape index (κ3) is 3.81. The normalized spacial score (nSPS) is 15.8. The van der Waals surface area contributed by atoms with Crippen LogP contribution in [0.4, 0.5) is 5.95 Å². The summed E-state index contributed by atoms with van der Waals surface area (Å²) < 4.78 is 7.96. The molecule has 0 unspecified atom stereocenters. The molecule has 0 fully saturated rings. The zero-order valence-electron chi connectivity index (χ0n) is 16.3. The predicted octanol–water partition coefficient (Wildman–Crippen LogP) is 4.67. The molecule has 0 radical (unpaired) electrons. The van der Waals surface area contributed by atoms with E-state index in [0.717, 1.165) is 35.4 Å². The molecule has 1 aliphatic rings. The average Bonchev–Trinajstić information content (AvgIpc) is 3.08. The molecule has 1 aromatic heterocycles. The van der Waals surface area contributed by atoms with Gasteiger partial charge in [-0.1, -0.05) is 56.9 Å². The van der Waals surface area contributed by atoms with Gasteiger partial charge in [0, 0.05) is 0 Å². The van der Waals surface area contributed by atoms with Crippen LogP contribution in [0.1, 0.15) is 50.8 Å². The second-order valence-corrected chi connectivity index (χ2v) is 7.14. The third-order valence-corrected chi connectivity index (χ3v) is 5.04. The summed E-state index contributed by atoms with van der Waals surface area (Å²) in [7, 11) is 0. The van der Waals surface area contributed by atoms with Crippen molar-refractivity contribution in [1.82, 2.24) is 9.55 Å². The minimum atomic E-state index is -0.244. The lowest BCUT2D eigenvalue weighted by Crippen LogP contribution is -2.31. The minimum absolute atomic E-state index is 0.244. The van der Waals surface area contributed by atoms with Crippen LogP contribution in [0.3, 0.4) is 0 Å². The Kier molecular flexibility index (Phi) is 5.46. The van der Waals surface area contributed by atoms with Crippen LogP contribution < -0.4 is 15.8 Å². The van der Waals surface area contributed by atoms with E-state index in [0.29, 0.717) is 11.9 Å².